The second-order valence-electron chi connectivity index (χ2n) is 5.22. The van der Waals surface area contributed by atoms with Crippen molar-refractivity contribution in [3.63, 3.8) is 0 Å². The highest BCUT2D eigenvalue weighted by atomic mass is 19.1. The lowest BCUT2D eigenvalue weighted by molar-refractivity contribution is 0.242. The highest BCUT2D eigenvalue weighted by molar-refractivity contribution is 5.36. The fourth-order valence-electron chi connectivity index (χ4n) is 2.08. The van der Waals surface area contributed by atoms with Gasteiger partial charge in [0.1, 0.15) is 11.6 Å². The Hall–Kier alpha value is -1.87. The predicted molar refractivity (Wildman–Crippen MR) is 79.4 cm³/mol. The molecule has 0 aliphatic rings. The molecule has 0 bridgehead atoms. The largest absolute Gasteiger partial charge is 0.491 e. The van der Waals surface area contributed by atoms with E-state index in [1.807, 2.05) is 38.1 Å². The van der Waals surface area contributed by atoms with Crippen LogP contribution in [0.3, 0.4) is 0 Å². The molecule has 2 N–H and O–H groups in total. The molecule has 0 amide bonds. The second kappa shape index (κ2) is 6.06. The lowest BCUT2D eigenvalue weighted by atomic mass is 9.98. The summed E-state index contributed by atoms with van der Waals surface area (Å²) in [4.78, 5) is 0. The van der Waals surface area contributed by atoms with E-state index in [2.05, 4.69) is 0 Å². The summed E-state index contributed by atoms with van der Waals surface area (Å²) in [7, 11) is 0. The molecule has 0 fully saturated rings. The Bertz CT molecular complexity index is 578. The monoisotopic (exact) mass is 273 g/mol. The molecule has 1 unspecified atom stereocenters. The topological polar surface area (TPSA) is 35.2 Å². The average molecular weight is 273 g/mol. The van der Waals surface area contributed by atoms with Gasteiger partial charge < -0.3 is 10.5 Å². The van der Waals surface area contributed by atoms with Gasteiger partial charge in [-0.15, -0.1) is 0 Å². The first-order chi connectivity index (χ1) is 9.47. The normalized spacial score (nSPS) is 12.5. The summed E-state index contributed by atoms with van der Waals surface area (Å²) in [5.41, 5.74) is 8.72. The molecular weight excluding hydrogens is 253 g/mol. The standard InChI is InChI=1S/C17H20FNO/c1-11(2)20-15-7-4-13(5-8-15)17(19)14-6-9-16(18)12(3)10-14/h4-11,17H,19H2,1-3H3. The fourth-order valence-corrected chi connectivity index (χ4v) is 2.08. The zero-order chi connectivity index (χ0) is 14.7. The quantitative estimate of drug-likeness (QED) is 0.914. The van der Waals surface area contributed by atoms with Crippen LogP contribution in [0.4, 0.5) is 4.39 Å². The average Bonchev–Trinajstić information content (AvgIpc) is 2.41. The summed E-state index contributed by atoms with van der Waals surface area (Å²) >= 11 is 0. The molecule has 0 aliphatic carbocycles. The van der Waals surface area contributed by atoms with E-state index in [0.29, 0.717) is 5.56 Å². The summed E-state index contributed by atoms with van der Waals surface area (Å²) in [6.07, 6.45) is 0.147. The predicted octanol–water partition coefficient (Wildman–Crippen LogP) is 3.97. The Labute approximate surface area is 119 Å². The number of halogens is 1. The van der Waals surface area contributed by atoms with Crippen molar-refractivity contribution < 1.29 is 9.13 Å². The van der Waals surface area contributed by atoms with Gasteiger partial charge in [0.05, 0.1) is 12.1 Å². The summed E-state index contributed by atoms with van der Waals surface area (Å²) in [5.74, 6) is 0.618. The fraction of sp³-hybridized carbons (Fsp3) is 0.294. The minimum absolute atomic E-state index is 0.147. The number of nitrogens with two attached hydrogens (primary N) is 1. The molecule has 0 saturated heterocycles. The number of rotatable bonds is 4. The molecule has 2 aromatic carbocycles. The molecule has 0 aromatic heterocycles. The lowest BCUT2D eigenvalue weighted by Gasteiger charge is -2.15. The van der Waals surface area contributed by atoms with Gasteiger partial charge in [0.25, 0.3) is 0 Å². The van der Waals surface area contributed by atoms with Crippen molar-refractivity contribution in [2.75, 3.05) is 0 Å². The maximum absolute atomic E-state index is 13.3. The van der Waals surface area contributed by atoms with Gasteiger partial charge in [-0.1, -0.05) is 24.3 Å². The van der Waals surface area contributed by atoms with E-state index < -0.39 is 0 Å². The van der Waals surface area contributed by atoms with E-state index in [9.17, 15) is 4.39 Å². The van der Waals surface area contributed by atoms with E-state index >= 15 is 0 Å². The third kappa shape index (κ3) is 3.36. The van der Waals surface area contributed by atoms with E-state index in [0.717, 1.165) is 16.9 Å². The van der Waals surface area contributed by atoms with Gasteiger partial charge in [-0.3, -0.25) is 0 Å². The van der Waals surface area contributed by atoms with Crippen molar-refractivity contribution in [3.8, 4) is 5.75 Å². The van der Waals surface area contributed by atoms with Gasteiger partial charge in [-0.05, 0) is 55.7 Å². The number of hydrogen-bond acceptors (Lipinski definition) is 2. The van der Waals surface area contributed by atoms with Crippen LogP contribution >= 0.6 is 0 Å². The summed E-state index contributed by atoms with van der Waals surface area (Å²) in [5, 5.41) is 0. The first-order valence-corrected chi connectivity index (χ1v) is 6.75. The summed E-state index contributed by atoms with van der Waals surface area (Å²) in [6, 6.07) is 12.4. The van der Waals surface area contributed by atoms with Crippen molar-refractivity contribution in [1.82, 2.24) is 0 Å². The third-order valence-corrected chi connectivity index (χ3v) is 3.15. The zero-order valence-electron chi connectivity index (χ0n) is 12.1. The van der Waals surface area contributed by atoms with Crippen LogP contribution in [-0.4, -0.2) is 6.10 Å². The van der Waals surface area contributed by atoms with Crippen LogP contribution in [0.15, 0.2) is 42.5 Å². The van der Waals surface area contributed by atoms with Crippen LogP contribution in [0.1, 0.15) is 36.6 Å². The Balaban J connectivity index is 2.20. The maximum atomic E-state index is 13.3. The minimum atomic E-state index is -0.262. The van der Waals surface area contributed by atoms with Gasteiger partial charge in [-0.2, -0.15) is 0 Å². The summed E-state index contributed by atoms with van der Waals surface area (Å²) in [6.45, 7) is 5.72. The van der Waals surface area contributed by atoms with Crippen LogP contribution in [-0.2, 0) is 0 Å². The second-order valence-corrected chi connectivity index (χ2v) is 5.22. The molecule has 0 saturated carbocycles. The number of aryl methyl sites for hydroxylation is 1. The summed E-state index contributed by atoms with van der Waals surface area (Å²) < 4.78 is 18.9. The minimum Gasteiger partial charge on any atom is -0.491 e. The molecule has 3 heteroatoms. The Morgan fingerprint density at radius 2 is 1.60 bits per heavy atom. The van der Waals surface area contributed by atoms with Crippen LogP contribution in [0.5, 0.6) is 5.75 Å². The zero-order valence-corrected chi connectivity index (χ0v) is 12.1. The molecule has 0 heterocycles. The van der Waals surface area contributed by atoms with E-state index in [1.54, 1.807) is 19.1 Å². The van der Waals surface area contributed by atoms with Gasteiger partial charge in [-0.25, -0.2) is 4.39 Å². The van der Waals surface area contributed by atoms with Gasteiger partial charge in [0.15, 0.2) is 0 Å². The Morgan fingerprint density at radius 3 is 2.15 bits per heavy atom. The van der Waals surface area contributed by atoms with Crippen molar-refractivity contribution >= 4 is 0 Å². The van der Waals surface area contributed by atoms with Crippen molar-refractivity contribution in [2.45, 2.75) is 32.9 Å². The molecule has 0 spiro atoms. The molecule has 2 nitrogen and oxygen atoms in total. The molecule has 2 rings (SSSR count). The highest BCUT2D eigenvalue weighted by Gasteiger charge is 2.10. The maximum Gasteiger partial charge on any atom is 0.126 e. The smallest absolute Gasteiger partial charge is 0.126 e. The Morgan fingerprint density at radius 1 is 1.00 bits per heavy atom. The van der Waals surface area contributed by atoms with Crippen molar-refractivity contribution in [1.29, 1.82) is 0 Å². The lowest BCUT2D eigenvalue weighted by Crippen LogP contribution is -2.12. The van der Waals surface area contributed by atoms with Crippen LogP contribution < -0.4 is 10.5 Å². The Kier molecular flexibility index (Phi) is 4.40. The van der Waals surface area contributed by atoms with Crippen LogP contribution in [0.2, 0.25) is 0 Å². The highest BCUT2D eigenvalue weighted by Crippen LogP contribution is 2.23. The third-order valence-electron chi connectivity index (χ3n) is 3.15. The van der Waals surface area contributed by atoms with E-state index in [4.69, 9.17) is 10.5 Å². The molecule has 0 radical (unpaired) electrons. The molecular formula is C17H20FNO. The van der Waals surface area contributed by atoms with Crippen molar-refractivity contribution in [2.24, 2.45) is 5.73 Å². The number of hydrogen-bond donors (Lipinski definition) is 1. The SMILES string of the molecule is Cc1cc(C(N)c2ccc(OC(C)C)cc2)ccc1F. The first kappa shape index (κ1) is 14.5. The van der Waals surface area contributed by atoms with Crippen molar-refractivity contribution in [3.05, 3.63) is 65.0 Å². The molecule has 2 aromatic rings. The number of benzene rings is 2. The van der Waals surface area contributed by atoms with E-state index in [-0.39, 0.29) is 18.0 Å². The van der Waals surface area contributed by atoms with Gasteiger partial charge in [0.2, 0.25) is 0 Å². The van der Waals surface area contributed by atoms with Gasteiger partial charge >= 0.3 is 0 Å². The number of ether oxygens (including phenoxy) is 1. The van der Waals surface area contributed by atoms with Crippen LogP contribution in [0.25, 0.3) is 0 Å². The first-order valence-electron chi connectivity index (χ1n) is 6.75. The van der Waals surface area contributed by atoms with E-state index in [1.165, 1.54) is 6.07 Å². The molecule has 106 valence electrons. The van der Waals surface area contributed by atoms with Crippen LogP contribution in [0, 0.1) is 12.7 Å². The molecule has 20 heavy (non-hydrogen) atoms. The molecule has 0 aliphatic heterocycles. The van der Waals surface area contributed by atoms with Gasteiger partial charge in [0, 0.05) is 0 Å². The molecule has 1 atom stereocenters.